The summed E-state index contributed by atoms with van der Waals surface area (Å²) in [6.45, 7) is 5.09. The summed E-state index contributed by atoms with van der Waals surface area (Å²) >= 11 is 9.48. The van der Waals surface area contributed by atoms with Gasteiger partial charge in [-0.1, -0.05) is 33.6 Å². The molecule has 0 radical (unpaired) electrons. The molecule has 2 aromatic carbocycles. The fourth-order valence-electron chi connectivity index (χ4n) is 3.28. The topological polar surface area (TPSA) is 66.5 Å². The van der Waals surface area contributed by atoms with Gasteiger partial charge in [-0.2, -0.15) is 0 Å². The molecule has 5 nitrogen and oxygen atoms in total. The lowest BCUT2D eigenvalue weighted by atomic mass is 10.1. The predicted molar refractivity (Wildman–Crippen MR) is 107 cm³/mol. The minimum atomic E-state index is -3.92. The van der Waals surface area contributed by atoms with Gasteiger partial charge in [0.1, 0.15) is 4.90 Å². The van der Waals surface area contributed by atoms with Crippen LogP contribution in [0.15, 0.2) is 39.7 Å². The van der Waals surface area contributed by atoms with Crippen LogP contribution in [0.2, 0.25) is 5.02 Å². The van der Waals surface area contributed by atoms with Crippen LogP contribution in [-0.4, -0.2) is 20.4 Å². The van der Waals surface area contributed by atoms with Crippen molar-refractivity contribution in [2.24, 2.45) is 0 Å². The van der Waals surface area contributed by atoms with Crippen LogP contribution in [0.25, 0.3) is 0 Å². The number of carbonyl (C=O) groups is 1. The van der Waals surface area contributed by atoms with Gasteiger partial charge in [-0.15, -0.1) is 0 Å². The monoisotopic (exact) mass is 456 g/mol. The SMILES string of the molecule is CC(=O)N1c2c(cc(Br)cc2S(=O)(=O)Nc2cccc(Cl)c2C)CC1C. The minimum absolute atomic E-state index is 0.0702. The first-order valence-corrected chi connectivity index (χ1v) is 10.7. The number of fused-ring (bicyclic) bond motifs is 1. The molecule has 1 N–H and O–H groups in total. The van der Waals surface area contributed by atoms with Crippen molar-refractivity contribution in [3.05, 3.63) is 51.0 Å². The summed E-state index contributed by atoms with van der Waals surface area (Å²) < 4.78 is 29.5. The van der Waals surface area contributed by atoms with Gasteiger partial charge in [-0.05, 0) is 55.7 Å². The van der Waals surface area contributed by atoms with Crippen molar-refractivity contribution in [3.63, 3.8) is 0 Å². The van der Waals surface area contributed by atoms with Crippen molar-refractivity contribution < 1.29 is 13.2 Å². The lowest BCUT2D eigenvalue weighted by Crippen LogP contribution is -2.34. The molecular weight excluding hydrogens is 440 g/mol. The minimum Gasteiger partial charge on any atom is -0.308 e. The van der Waals surface area contributed by atoms with Crippen LogP contribution < -0.4 is 9.62 Å². The van der Waals surface area contributed by atoms with E-state index in [1.165, 1.54) is 13.0 Å². The number of hydrogen-bond acceptors (Lipinski definition) is 3. The summed E-state index contributed by atoms with van der Waals surface area (Å²) in [5.41, 5.74) is 2.32. The van der Waals surface area contributed by atoms with Crippen LogP contribution in [0.5, 0.6) is 0 Å². The smallest absolute Gasteiger partial charge is 0.264 e. The van der Waals surface area contributed by atoms with E-state index in [0.29, 0.717) is 32.9 Å². The highest BCUT2D eigenvalue weighted by molar-refractivity contribution is 9.10. The zero-order valence-corrected chi connectivity index (χ0v) is 17.7. The number of amides is 1. The number of nitrogens with zero attached hydrogens (tertiary/aromatic N) is 1. The highest BCUT2D eigenvalue weighted by atomic mass is 79.9. The largest absolute Gasteiger partial charge is 0.308 e. The highest BCUT2D eigenvalue weighted by Crippen LogP contribution is 2.41. The molecule has 0 fully saturated rings. The molecule has 8 heteroatoms. The van der Waals surface area contributed by atoms with Crippen LogP contribution >= 0.6 is 27.5 Å². The Labute approximate surface area is 166 Å². The molecule has 138 valence electrons. The van der Waals surface area contributed by atoms with Crippen molar-refractivity contribution in [3.8, 4) is 0 Å². The Balaban J connectivity index is 2.15. The molecule has 1 atom stereocenters. The summed E-state index contributed by atoms with van der Waals surface area (Å²) in [7, 11) is -3.92. The second-order valence-corrected chi connectivity index (χ2v) is 9.35. The lowest BCUT2D eigenvalue weighted by Gasteiger charge is -2.23. The van der Waals surface area contributed by atoms with E-state index >= 15 is 0 Å². The normalized spacial score (nSPS) is 16.5. The molecular formula is C18H18BrClN2O3S. The second-order valence-electron chi connectivity index (χ2n) is 6.37. The molecule has 0 aliphatic carbocycles. The number of nitrogens with one attached hydrogen (secondary N) is 1. The molecule has 1 heterocycles. The maximum Gasteiger partial charge on any atom is 0.264 e. The molecule has 26 heavy (non-hydrogen) atoms. The number of anilines is 2. The van der Waals surface area contributed by atoms with Gasteiger partial charge in [-0.25, -0.2) is 8.42 Å². The van der Waals surface area contributed by atoms with Gasteiger partial charge in [-0.3, -0.25) is 9.52 Å². The lowest BCUT2D eigenvalue weighted by molar-refractivity contribution is -0.116. The maximum absolute atomic E-state index is 13.1. The Bertz CT molecular complexity index is 1010. The molecule has 1 aliphatic heterocycles. The molecule has 0 saturated heterocycles. The molecule has 1 unspecified atom stereocenters. The summed E-state index contributed by atoms with van der Waals surface area (Å²) in [6, 6.07) is 8.32. The first kappa shape index (κ1) is 19.2. The van der Waals surface area contributed by atoms with Gasteiger partial charge < -0.3 is 4.90 Å². The number of sulfonamides is 1. The van der Waals surface area contributed by atoms with E-state index in [1.807, 2.05) is 13.0 Å². The molecule has 1 aliphatic rings. The van der Waals surface area contributed by atoms with E-state index in [1.54, 1.807) is 30.0 Å². The van der Waals surface area contributed by atoms with Crippen LogP contribution in [0, 0.1) is 6.92 Å². The Morgan fingerprint density at radius 1 is 1.35 bits per heavy atom. The fourth-order valence-corrected chi connectivity index (χ4v) is 5.50. The van der Waals surface area contributed by atoms with E-state index in [0.717, 1.165) is 5.56 Å². The summed E-state index contributed by atoms with van der Waals surface area (Å²) in [6.07, 6.45) is 0.604. The van der Waals surface area contributed by atoms with Crippen LogP contribution in [0.4, 0.5) is 11.4 Å². The van der Waals surface area contributed by atoms with Crippen molar-refractivity contribution in [2.45, 2.75) is 38.1 Å². The number of hydrogen-bond donors (Lipinski definition) is 1. The molecule has 0 saturated carbocycles. The van der Waals surface area contributed by atoms with Crippen molar-refractivity contribution >= 4 is 54.8 Å². The Hall–Kier alpha value is -1.57. The van der Waals surface area contributed by atoms with E-state index in [2.05, 4.69) is 20.7 Å². The average molecular weight is 458 g/mol. The third-order valence-corrected chi connectivity index (χ3v) is 6.70. The Morgan fingerprint density at radius 2 is 2.04 bits per heavy atom. The molecule has 2 aromatic rings. The number of halogens is 2. The van der Waals surface area contributed by atoms with Crippen molar-refractivity contribution in [2.75, 3.05) is 9.62 Å². The van der Waals surface area contributed by atoms with E-state index in [9.17, 15) is 13.2 Å². The molecule has 0 bridgehead atoms. The maximum atomic E-state index is 13.1. The van der Waals surface area contributed by atoms with Gasteiger partial charge in [0, 0.05) is 22.5 Å². The zero-order valence-electron chi connectivity index (χ0n) is 14.5. The summed E-state index contributed by atoms with van der Waals surface area (Å²) in [5.74, 6) is -0.186. The standard InChI is InChI=1S/C18H18BrClN2O3S/c1-10-7-13-8-14(19)9-17(18(13)22(10)12(3)23)26(24,25)21-16-6-4-5-15(20)11(16)2/h4-6,8-10,21H,7H2,1-3H3. The highest BCUT2D eigenvalue weighted by Gasteiger charge is 2.35. The zero-order chi connectivity index (χ0) is 19.2. The molecule has 1 amide bonds. The number of carbonyl (C=O) groups excluding carboxylic acids is 1. The van der Waals surface area contributed by atoms with Gasteiger partial charge in [0.15, 0.2) is 0 Å². The third-order valence-electron chi connectivity index (χ3n) is 4.46. The second kappa shape index (κ2) is 6.87. The number of benzene rings is 2. The van der Waals surface area contributed by atoms with Gasteiger partial charge in [0.25, 0.3) is 10.0 Å². The van der Waals surface area contributed by atoms with Crippen molar-refractivity contribution in [1.29, 1.82) is 0 Å². The third kappa shape index (κ3) is 3.35. The predicted octanol–water partition coefficient (Wildman–Crippen LogP) is 4.51. The van der Waals surface area contributed by atoms with Crippen LogP contribution in [0.3, 0.4) is 0 Å². The Morgan fingerprint density at radius 3 is 2.69 bits per heavy atom. The first-order valence-electron chi connectivity index (χ1n) is 8.02. The molecule has 0 spiro atoms. The van der Waals surface area contributed by atoms with Gasteiger partial charge in [0.05, 0.1) is 11.4 Å². The summed E-state index contributed by atoms with van der Waals surface area (Å²) in [4.78, 5) is 13.7. The van der Waals surface area contributed by atoms with Crippen molar-refractivity contribution in [1.82, 2.24) is 0 Å². The fraction of sp³-hybridized carbons (Fsp3) is 0.278. The van der Waals surface area contributed by atoms with Gasteiger partial charge in [0.2, 0.25) is 5.91 Å². The van der Waals surface area contributed by atoms with Crippen LogP contribution in [0.1, 0.15) is 25.0 Å². The quantitative estimate of drug-likeness (QED) is 0.737. The molecule has 3 rings (SSSR count). The molecule has 0 aromatic heterocycles. The van der Waals surface area contributed by atoms with E-state index in [4.69, 9.17) is 11.6 Å². The van der Waals surface area contributed by atoms with E-state index in [-0.39, 0.29) is 16.8 Å². The van der Waals surface area contributed by atoms with Crippen LogP contribution in [-0.2, 0) is 21.2 Å². The average Bonchev–Trinajstić information content (AvgIpc) is 2.86. The summed E-state index contributed by atoms with van der Waals surface area (Å²) in [5, 5.41) is 0.476. The number of rotatable bonds is 3. The van der Waals surface area contributed by atoms with E-state index < -0.39 is 10.0 Å². The van der Waals surface area contributed by atoms with Gasteiger partial charge >= 0.3 is 0 Å². The first-order chi connectivity index (χ1) is 12.1. The Kier molecular flexibility index (Phi) is 5.07.